The molecule has 144 valence electrons. The third-order valence-corrected chi connectivity index (χ3v) is 3.61. The summed E-state index contributed by atoms with van der Waals surface area (Å²) in [6.45, 7) is 2.63. The monoisotopic (exact) mass is 384 g/mol. The van der Waals surface area contributed by atoms with Crippen LogP contribution in [0.5, 0.6) is 0 Å². The van der Waals surface area contributed by atoms with Crippen LogP contribution in [0.15, 0.2) is 0 Å². The lowest BCUT2D eigenvalue weighted by molar-refractivity contribution is -0.279. The molecule has 0 amide bonds. The molecule has 0 aromatic heterocycles. The van der Waals surface area contributed by atoms with Crippen LogP contribution in [-0.2, 0) is 48.2 Å². The van der Waals surface area contributed by atoms with E-state index in [0.29, 0.717) is 0 Å². The first-order valence-electron chi connectivity index (χ1n) is 7.19. The van der Waals surface area contributed by atoms with Crippen molar-refractivity contribution in [2.75, 3.05) is 19.0 Å². The lowest BCUT2D eigenvalue weighted by Crippen LogP contribution is -2.58. The zero-order valence-electron chi connectivity index (χ0n) is 13.9. The van der Waals surface area contributed by atoms with E-state index >= 15 is 0 Å². The number of carbonyl (C=O) groups excluding carboxylic acids is 3. The molecule has 1 N–H and O–H groups in total. The smallest absolute Gasteiger partial charge is 0.303 e. The van der Waals surface area contributed by atoms with Crippen molar-refractivity contribution in [3.05, 3.63) is 0 Å². The lowest BCUT2D eigenvalue weighted by atomic mass is 10.0. The van der Waals surface area contributed by atoms with Gasteiger partial charge in [0, 0.05) is 20.8 Å². The van der Waals surface area contributed by atoms with Crippen LogP contribution in [0.1, 0.15) is 20.8 Å². The molecule has 0 aliphatic carbocycles. The fraction of sp³-hybridized carbons (Fsp3) is 0.769. The first-order chi connectivity index (χ1) is 11.5. The van der Waals surface area contributed by atoms with E-state index in [1.807, 2.05) is 0 Å². The summed E-state index contributed by atoms with van der Waals surface area (Å²) < 4.78 is 55.8. The predicted molar refractivity (Wildman–Crippen MR) is 78.8 cm³/mol. The van der Waals surface area contributed by atoms with Gasteiger partial charge in [0.25, 0.3) is 10.1 Å². The Labute approximate surface area is 144 Å². The topological polar surface area (TPSA) is 152 Å². The molecule has 11 nitrogen and oxygen atoms in total. The van der Waals surface area contributed by atoms with Crippen LogP contribution < -0.4 is 0 Å². The highest BCUT2D eigenvalue weighted by atomic mass is 32.2. The highest BCUT2D eigenvalue weighted by Gasteiger charge is 2.47. The number of hydrogen-bond donors (Lipinski definition) is 1. The summed E-state index contributed by atoms with van der Waals surface area (Å²) in [5.74, 6) is -2.86. The van der Waals surface area contributed by atoms with E-state index in [4.69, 9.17) is 28.2 Å². The first kappa shape index (κ1) is 21.3. The molecule has 1 heterocycles. The molecule has 0 spiro atoms. The van der Waals surface area contributed by atoms with Crippen LogP contribution in [0.2, 0.25) is 0 Å². The molecule has 0 bridgehead atoms. The fourth-order valence-corrected chi connectivity index (χ4v) is 2.43. The highest BCUT2D eigenvalue weighted by molar-refractivity contribution is 7.85. The van der Waals surface area contributed by atoms with Crippen LogP contribution in [0, 0.1) is 0 Å². The predicted octanol–water partition coefficient (Wildman–Crippen LogP) is -0.958. The van der Waals surface area contributed by atoms with Crippen LogP contribution in [-0.4, -0.2) is 74.4 Å². The molecule has 1 aliphatic heterocycles. The molecule has 1 aliphatic rings. The molecule has 25 heavy (non-hydrogen) atoms. The Kier molecular flexibility index (Phi) is 7.73. The molecule has 1 rings (SSSR count). The molecule has 1 fully saturated rings. The van der Waals surface area contributed by atoms with E-state index < -0.39 is 65.0 Å². The summed E-state index contributed by atoms with van der Waals surface area (Å²) >= 11 is 0. The summed E-state index contributed by atoms with van der Waals surface area (Å²) in [6, 6.07) is 0. The van der Waals surface area contributed by atoms with Crippen molar-refractivity contribution in [1.82, 2.24) is 0 Å². The van der Waals surface area contributed by atoms with Gasteiger partial charge in [0.1, 0.15) is 0 Å². The fourth-order valence-electron chi connectivity index (χ4n) is 2.12. The second-order valence-electron chi connectivity index (χ2n) is 5.15. The summed E-state index contributed by atoms with van der Waals surface area (Å²) in [5, 5.41) is 0. The van der Waals surface area contributed by atoms with E-state index in [1.54, 1.807) is 0 Å². The van der Waals surface area contributed by atoms with E-state index in [0.717, 1.165) is 20.8 Å². The van der Waals surface area contributed by atoms with Gasteiger partial charge < -0.3 is 23.7 Å². The largest absolute Gasteiger partial charge is 0.456 e. The summed E-state index contributed by atoms with van der Waals surface area (Å²) in [6.07, 6.45) is -4.86. The third kappa shape index (κ3) is 7.77. The minimum absolute atomic E-state index is 0.244. The van der Waals surface area contributed by atoms with Crippen molar-refractivity contribution in [2.45, 2.75) is 45.4 Å². The molecule has 0 aromatic rings. The molecule has 0 saturated carbocycles. The average Bonchev–Trinajstić information content (AvgIpc) is 2.41. The summed E-state index contributed by atoms with van der Waals surface area (Å²) in [5.41, 5.74) is 0. The van der Waals surface area contributed by atoms with Gasteiger partial charge in [-0.2, -0.15) is 8.42 Å². The van der Waals surface area contributed by atoms with Crippen LogP contribution in [0.3, 0.4) is 0 Å². The molecular formula is C13H20O11S. The Morgan fingerprint density at radius 1 is 1.00 bits per heavy atom. The number of esters is 3. The van der Waals surface area contributed by atoms with Crippen LogP contribution >= 0.6 is 0 Å². The van der Waals surface area contributed by atoms with E-state index in [1.165, 1.54) is 0 Å². The third-order valence-electron chi connectivity index (χ3n) is 2.93. The van der Waals surface area contributed by atoms with Gasteiger partial charge in [-0.3, -0.25) is 18.9 Å². The minimum Gasteiger partial charge on any atom is -0.456 e. The summed E-state index contributed by atoms with van der Waals surface area (Å²) in [7, 11) is -4.27. The standard InChI is InChI=1S/C13H20O11S/c1-7(14)22-10-6-21-13(20-4-5-25(17,18)19)12(24-9(3)16)11(10)23-8(2)15/h10-13H,4-6H2,1-3H3,(H,17,18,19)/t10-,11+,12-,13-/m1/s1. The molecular weight excluding hydrogens is 364 g/mol. The first-order valence-corrected chi connectivity index (χ1v) is 8.80. The van der Waals surface area contributed by atoms with Crippen molar-refractivity contribution in [2.24, 2.45) is 0 Å². The Hall–Kier alpha value is -1.76. The second-order valence-corrected chi connectivity index (χ2v) is 6.73. The number of ether oxygens (including phenoxy) is 5. The normalized spacial score (nSPS) is 26.6. The van der Waals surface area contributed by atoms with Crippen molar-refractivity contribution >= 4 is 28.0 Å². The SMILES string of the molecule is CC(=O)O[C@@H]1[C@@H](OC(C)=O)[C@H](OCCS(=O)(=O)O)OC[C@H]1OC(C)=O. The summed E-state index contributed by atoms with van der Waals surface area (Å²) in [4.78, 5) is 33.8. The minimum atomic E-state index is -4.27. The highest BCUT2D eigenvalue weighted by Crippen LogP contribution is 2.25. The maximum Gasteiger partial charge on any atom is 0.303 e. The van der Waals surface area contributed by atoms with E-state index in [2.05, 4.69) is 0 Å². The van der Waals surface area contributed by atoms with Gasteiger partial charge in [0.2, 0.25) is 0 Å². The van der Waals surface area contributed by atoms with E-state index in [9.17, 15) is 22.8 Å². The van der Waals surface area contributed by atoms with Gasteiger partial charge in [-0.15, -0.1) is 0 Å². The Morgan fingerprint density at radius 2 is 1.52 bits per heavy atom. The van der Waals surface area contributed by atoms with Crippen LogP contribution in [0.25, 0.3) is 0 Å². The van der Waals surface area contributed by atoms with Gasteiger partial charge in [-0.1, -0.05) is 0 Å². The van der Waals surface area contributed by atoms with Gasteiger partial charge in [-0.25, -0.2) is 0 Å². The van der Waals surface area contributed by atoms with Crippen molar-refractivity contribution in [1.29, 1.82) is 0 Å². The van der Waals surface area contributed by atoms with Gasteiger partial charge in [0.05, 0.1) is 19.0 Å². The molecule has 0 radical (unpaired) electrons. The quantitative estimate of drug-likeness (QED) is 0.328. The van der Waals surface area contributed by atoms with Crippen LogP contribution in [0.4, 0.5) is 0 Å². The van der Waals surface area contributed by atoms with Crippen molar-refractivity contribution in [3.8, 4) is 0 Å². The van der Waals surface area contributed by atoms with E-state index in [-0.39, 0.29) is 6.61 Å². The molecule has 4 atom stereocenters. The average molecular weight is 384 g/mol. The number of hydrogen-bond acceptors (Lipinski definition) is 10. The van der Waals surface area contributed by atoms with Crippen molar-refractivity contribution < 1.29 is 51.0 Å². The molecule has 1 saturated heterocycles. The Balaban J connectivity index is 2.94. The van der Waals surface area contributed by atoms with Gasteiger partial charge in [-0.05, 0) is 0 Å². The van der Waals surface area contributed by atoms with Crippen molar-refractivity contribution in [3.63, 3.8) is 0 Å². The second kappa shape index (κ2) is 9.08. The van der Waals surface area contributed by atoms with Gasteiger partial charge >= 0.3 is 17.9 Å². The zero-order chi connectivity index (χ0) is 19.2. The van der Waals surface area contributed by atoms with Gasteiger partial charge in [0.15, 0.2) is 24.6 Å². The lowest BCUT2D eigenvalue weighted by Gasteiger charge is -2.40. The maximum absolute atomic E-state index is 11.3. The molecule has 0 aromatic carbocycles. The maximum atomic E-state index is 11.3. The zero-order valence-corrected chi connectivity index (χ0v) is 14.7. The number of carbonyl (C=O) groups is 3. The Bertz CT molecular complexity index is 599. The molecule has 12 heteroatoms. The number of rotatable bonds is 7. The Morgan fingerprint density at radius 3 is 2.00 bits per heavy atom. The molecule has 0 unspecified atom stereocenters.